The number of halogens is 1. The van der Waals surface area contributed by atoms with E-state index in [9.17, 15) is 0 Å². The molecule has 0 aliphatic rings. The molecule has 0 fully saturated rings. The number of nitrogens with zero attached hydrogens (tertiary/aromatic N) is 1. The Kier molecular flexibility index (Phi) is 6.14. The van der Waals surface area contributed by atoms with Crippen molar-refractivity contribution in [3.8, 4) is 5.75 Å². The van der Waals surface area contributed by atoms with Crippen LogP contribution in [-0.4, -0.2) is 25.2 Å². The number of nitrogens with one attached hydrogen (secondary N) is 2. The van der Waals surface area contributed by atoms with Crippen molar-refractivity contribution in [3.63, 3.8) is 0 Å². The van der Waals surface area contributed by atoms with Gasteiger partial charge >= 0.3 is 0 Å². The van der Waals surface area contributed by atoms with Crippen molar-refractivity contribution >= 4 is 17.6 Å². The SMILES string of the molecule is CCNC(=NCc1ccc(Cl)cc1OC)NC(C)(C)C. The highest BCUT2D eigenvalue weighted by Gasteiger charge is 2.12. The van der Waals surface area contributed by atoms with Gasteiger partial charge in [-0.1, -0.05) is 17.7 Å². The molecule has 4 nitrogen and oxygen atoms in total. The zero-order valence-corrected chi connectivity index (χ0v) is 13.6. The smallest absolute Gasteiger partial charge is 0.191 e. The zero-order chi connectivity index (χ0) is 15.2. The molecule has 1 aromatic rings. The van der Waals surface area contributed by atoms with Crippen LogP contribution in [0.1, 0.15) is 33.3 Å². The highest BCUT2D eigenvalue weighted by atomic mass is 35.5. The first kappa shape index (κ1) is 16.6. The van der Waals surface area contributed by atoms with Crippen LogP contribution in [0.15, 0.2) is 23.2 Å². The number of benzene rings is 1. The molecule has 2 N–H and O–H groups in total. The molecule has 20 heavy (non-hydrogen) atoms. The van der Waals surface area contributed by atoms with Gasteiger partial charge in [0.2, 0.25) is 0 Å². The normalized spacial score (nSPS) is 12.2. The summed E-state index contributed by atoms with van der Waals surface area (Å²) < 4.78 is 5.32. The molecule has 0 aliphatic carbocycles. The van der Waals surface area contributed by atoms with E-state index in [4.69, 9.17) is 16.3 Å². The van der Waals surface area contributed by atoms with E-state index in [2.05, 4.69) is 36.4 Å². The molecular formula is C15H24ClN3O. The topological polar surface area (TPSA) is 45.7 Å². The van der Waals surface area contributed by atoms with E-state index < -0.39 is 0 Å². The molecule has 0 amide bonds. The molecule has 0 aliphatic heterocycles. The highest BCUT2D eigenvalue weighted by molar-refractivity contribution is 6.30. The highest BCUT2D eigenvalue weighted by Crippen LogP contribution is 2.23. The number of guanidine groups is 1. The van der Waals surface area contributed by atoms with Crippen molar-refractivity contribution in [2.45, 2.75) is 39.8 Å². The first-order chi connectivity index (χ1) is 9.35. The van der Waals surface area contributed by atoms with Gasteiger partial charge in [0.1, 0.15) is 5.75 Å². The molecule has 0 saturated carbocycles. The summed E-state index contributed by atoms with van der Waals surface area (Å²) in [6.07, 6.45) is 0. The first-order valence-corrected chi connectivity index (χ1v) is 7.12. The van der Waals surface area contributed by atoms with Gasteiger partial charge in [0.25, 0.3) is 0 Å². The third-order valence-electron chi connectivity index (χ3n) is 2.49. The van der Waals surface area contributed by atoms with Crippen molar-refractivity contribution in [2.75, 3.05) is 13.7 Å². The molecule has 1 rings (SSSR count). The molecule has 112 valence electrons. The predicted octanol–water partition coefficient (Wildman–Crippen LogP) is 3.20. The van der Waals surface area contributed by atoms with E-state index in [-0.39, 0.29) is 5.54 Å². The number of ether oxygens (including phenoxy) is 1. The number of methoxy groups -OCH3 is 1. The Bertz CT molecular complexity index is 467. The molecule has 5 heteroatoms. The van der Waals surface area contributed by atoms with Gasteiger partial charge in [-0.3, -0.25) is 0 Å². The predicted molar refractivity (Wildman–Crippen MR) is 85.7 cm³/mol. The van der Waals surface area contributed by atoms with Gasteiger partial charge in [0.15, 0.2) is 5.96 Å². The summed E-state index contributed by atoms with van der Waals surface area (Å²) in [5.41, 5.74) is 0.966. The average molecular weight is 298 g/mol. The van der Waals surface area contributed by atoms with Crippen LogP contribution in [0.5, 0.6) is 5.75 Å². The number of hydrogen-bond donors (Lipinski definition) is 2. The van der Waals surface area contributed by atoms with E-state index in [1.807, 2.05) is 19.1 Å². The van der Waals surface area contributed by atoms with Crippen LogP contribution in [0.25, 0.3) is 0 Å². The van der Waals surface area contributed by atoms with Crippen molar-refractivity contribution in [1.82, 2.24) is 10.6 Å². The lowest BCUT2D eigenvalue weighted by atomic mass is 10.1. The summed E-state index contributed by atoms with van der Waals surface area (Å²) in [4.78, 5) is 4.58. The van der Waals surface area contributed by atoms with Crippen LogP contribution >= 0.6 is 11.6 Å². The fourth-order valence-electron chi connectivity index (χ4n) is 1.68. The summed E-state index contributed by atoms with van der Waals surface area (Å²) in [5.74, 6) is 1.55. The van der Waals surface area contributed by atoms with Gasteiger partial charge in [0.05, 0.1) is 13.7 Å². The third kappa shape index (κ3) is 5.70. The van der Waals surface area contributed by atoms with E-state index in [0.29, 0.717) is 11.6 Å². The van der Waals surface area contributed by atoms with Gasteiger partial charge in [0, 0.05) is 22.7 Å². The molecule has 0 heterocycles. The van der Waals surface area contributed by atoms with Crippen molar-refractivity contribution in [1.29, 1.82) is 0 Å². The second-order valence-corrected chi connectivity index (χ2v) is 5.96. The Balaban J connectivity index is 2.86. The van der Waals surface area contributed by atoms with Crippen LogP contribution in [0.2, 0.25) is 5.02 Å². The fraction of sp³-hybridized carbons (Fsp3) is 0.533. The average Bonchev–Trinajstić information content (AvgIpc) is 2.35. The summed E-state index contributed by atoms with van der Waals surface area (Å²) >= 11 is 5.95. The van der Waals surface area contributed by atoms with E-state index in [1.165, 1.54) is 0 Å². The minimum absolute atomic E-state index is 0.0366. The lowest BCUT2D eigenvalue weighted by molar-refractivity contribution is 0.410. The molecule has 0 atom stereocenters. The van der Waals surface area contributed by atoms with Gasteiger partial charge in [-0.2, -0.15) is 0 Å². The third-order valence-corrected chi connectivity index (χ3v) is 2.73. The second-order valence-electron chi connectivity index (χ2n) is 5.53. The standard InChI is InChI=1S/C15H24ClN3O/c1-6-17-14(19-15(2,3)4)18-10-11-7-8-12(16)9-13(11)20-5/h7-9H,6,10H2,1-5H3,(H2,17,18,19). The van der Waals surface area contributed by atoms with E-state index in [1.54, 1.807) is 13.2 Å². The maximum absolute atomic E-state index is 5.95. The minimum Gasteiger partial charge on any atom is -0.496 e. The molecule has 1 aromatic carbocycles. The quantitative estimate of drug-likeness (QED) is 0.663. The van der Waals surface area contributed by atoms with Crippen LogP contribution in [0.4, 0.5) is 0 Å². The van der Waals surface area contributed by atoms with Gasteiger partial charge < -0.3 is 15.4 Å². The maximum atomic E-state index is 5.95. The summed E-state index contributed by atoms with van der Waals surface area (Å²) in [6, 6.07) is 5.58. The van der Waals surface area contributed by atoms with Crippen molar-refractivity contribution in [2.24, 2.45) is 4.99 Å². The molecule has 0 spiro atoms. The lowest BCUT2D eigenvalue weighted by Crippen LogP contribution is -2.47. The van der Waals surface area contributed by atoms with E-state index >= 15 is 0 Å². The number of hydrogen-bond acceptors (Lipinski definition) is 2. The minimum atomic E-state index is -0.0366. The number of rotatable bonds is 4. The maximum Gasteiger partial charge on any atom is 0.191 e. The van der Waals surface area contributed by atoms with Gasteiger partial charge in [-0.05, 0) is 39.8 Å². The van der Waals surface area contributed by atoms with Crippen LogP contribution < -0.4 is 15.4 Å². The zero-order valence-electron chi connectivity index (χ0n) is 12.9. The molecule has 0 bridgehead atoms. The lowest BCUT2D eigenvalue weighted by Gasteiger charge is -2.23. The first-order valence-electron chi connectivity index (χ1n) is 6.74. The van der Waals surface area contributed by atoms with Gasteiger partial charge in [-0.15, -0.1) is 0 Å². The summed E-state index contributed by atoms with van der Waals surface area (Å²) in [5, 5.41) is 7.24. The van der Waals surface area contributed by atoms with Crippen molar-refractivity contribution in [3.05, 3.63) is 28.8 Å². The van der Waals surface area contributed by atoms with Crippen LogP contribution in [-0.2, 0) is 6.54 Å². The second kappa shape index (κ2) is 7.39. The molecular weight excluding hydrogens is 274 g/mol. The van der Waals surface area contributed by atoms with Crippen LogP contribution in [0, 0.1) is 0 Å². The Hall–Kier alpha value is -1.42. The summed E-state index contributed by atoms with van der Waals surface area (Å²) in [6.45, 7) is 9.70. The Morgan fingerprint density at radius 1 is 1.35 bits per heavy atom. The molecule has 0 radical (unpaired) electrons. The van der Waals surface area contributed by atoms with Crippen LogP contribution in [0.3, 0.4) is 0 Å². The fourth-order valence-corrected chi connectivity index (χ4v) is 1.84. The van der Waals surface area contributed by atoms with Gasteiger partial charge in [-0.25, -0.2) is 4.99 Å². The van der Waals surface area contributed by atoms with E-state index in [0.717, 1.165) is 23.8 Å². The summed E-state index contributed by atoms with van der Waals surface area (Å²) in [7, 11) is 1.64. The molecule has 0 unspecified atom stereocenters. The largest absolute Gasteiger partial charge is 0.496 e. The monoisotopic (exact) mass is 297 g/mol. The molecule has 0 saturated heterocycles. The number of aliphatic imine (C=N–C) groups is 1. The Labute approximate surface area is 126 Å². The van der Waals surface area contributed by atoms with Crippen molar-refractivity contribution < 1.29 is 4.74 Å². The molecule has 0 aromatic heterocycles. The Morgan fingerprint density at radius 2 is 2.05 bits per heavy atom. The Morgan fingerprint density at radius 3 is 2.60 bits per heavy atom.